The smallest absolute Gasteiger partial charge is 0.119 e. The third kappa shape index (κ3) is 4.69. The molecule has 18 heavy (non-hydrogen) atoms. The van der Waals surface area contributed by atoms with Crippen molar-refractivity contribution >= 4 is 0 Å². The van der Waals surface area contributed by atoms with Crippen LogP contribution in [0.1, 0.15) is 53.0 Å². The van der Waals surface area contributed by atoms with Crippen LogP contribution in [0.15, 0.2) is 24.3 Å². The van der Waals surface area contributed by atoms with Crippen molar-refractivity contribution in [1.29, 1.82) is 0 Å². The normalized spacial score (nSPS) is 12.6. The average Bonchev–Trinajstić information content (AvgIpc) is 2.28. The van der Waals surface area contributed by atoms with E-state index in [-0.39, 0.29) is 5.41 Å². The van der Waals surface area contributed by atoms with Gasteiger partial charge < -0.3 is 9.84 Å². The molecule has 0 unspecified atom stereocenters. The van der Waals surface area contributed by atoms with Crippen LogP contribution in [-0.4, -0.2) is 17.3 Å². The van der Waals surface area contributed by atoms with E-state index < -0.39 is 5.60 Å². The van der Waals surface area contributed by atoms with Crippen LogP contribution in [0.4, 0.5) is 0 Å². The molecule has 102 valence electrons. The molecule has 0 heterocycles. The molecule has 0 radical (unpaired) electrons. The molecule has 0 aliphatic rings. The van der Waals surface area contributed by atoms with Crippen molar-refractivity contribution in [2.45, 2.75) is 58.5 Å². The van der Waals surface area contributed by atoms with E-state index in [1.165, 1.54) is 5.56 Å². The van der Waals surface area contributed by atoms with Gasteiger partial charge in [-0.15, -0.1) is 0 Å². The molecule has 1 aromatic carbocycles. The Hall–Kier alpha value is -1.02. The van der Waals surface area contributed by atoms with Gasteiger partial charge in [0.15, 0.2) is 0 Å². The summed E-state index contributed by atoms with van der Waals surface area (Å²) < 4.78 is 5.62. The van der Waals surface area contributed by atoms with Gasteiger partial charge >= 0.3 is 0 Å². The molecule has 1 rings (SSSR count). The molecule has 0 saturated heterocycles. The Morgan fingerprint density at radius 2 is 1.61 bits per heavy atom. The van der Waals surface area contributed by atoms with Gasteiger partial charge in [0.1, 0.15) is 5.75 Å². The lowest BCUT2D eigenvalue weighted by atomic mass is 9.82. The molecule has 0 aromatic heterocycles. The third-order valence-electron chi connectivity index (χ3n) is 3.50. The van der Waals surface area contributed by atoms with Gasteiger partial charge in [-0.25, -0.2) is 0 Å². The maximum absolute atomic E-state index is 9.60. The first-order valence-corrected chi connectivity index (χ1v) is 6.70. The molecule has 0 atom stereocenters. The third-order valence-corrected chi connectivity index (χ3v) is 3.50. The zero-order valence-electron chi connectivity index (χ0n) is 12.3. The zero-order valence-corrected chi connectivity index (χ0v) is 12.3. The summed E-state index contributed by atoms with van der Waals surface area (Å²) >= 11 is 0. The molecule has 0 amide bonds. The van der Waals surface area contributed by atoms with E-state index in [4.69, 9.17) is 4.74 Å². The molecule has 2 nitrogen and oxygen atoms in total. The summed E-state index contributed by atoms with van der Waals surface area (Å²) in [7, 11) is 0. The number of hydrogen-bond donors (Lipinski definition) is 1. The van der Waals surface area contributed by atoms with Gasteiger partial charge in [0.2, 0.25) is 0 Å². The van der Waals surface area contributed by atoms with Crippen molar-refractivity contribution in [1.82, 2.24) is 0 Å². The van der Waals surface area contributed by atoms with Crippen molar-refractivity contribution in [3.8, 4) is 5.75 Å². The molecular formula is C16H26O2. The van der Waals surface area contributed by atoms with Crippen LogP contribution in [-0.2, 0) is 5.41 Å². The molecule has 1 aromatic rings. The fraction of sp³-hybridized carbons (Fsp3) is 0.625. The molecule has 0 saturated carbocycles. The van der Waals surface area contributed by atoms with Gasteiger partial charge in [0.25, 0.3) is 0 Å². The topological polar surface area (TPSA) is 29.5 Å². The minimum Gasteiger partial charge on any atom is -0.493 e. The van der Waals surface area contributed by atoms with Gasteiger partial charge in [0, 0.05) is 6.42 Å². The Bertz CT molecular complexity index is 358. The Balaban J connectivity index is 2.56. The first-order valence-electron chi connectivity index (χ1n) is 6.70. The molecule has 0 aliphatic heterocycles. The SMILES string of the molecule is CCC(C)(C)c1ccc(OCCC(C)(C)O)cc1. The van der Waals surface area contributed by atoms with Crippen molar-refractivity contribution in [2.75, 3.05) is 6.61 Å². The highest BCUT2D eigenvalue weighted by Crippen LogP contribution is 2.28. The van der Waals surface area contributed by atoms with Crippen molar-refractivity contribution in [3.05, 3.63) is 29.8 Å². The monoisotopic (exact) mass is 250 g/mol. The van der Waals surface area contributed by atoms with E-state index in [2.05, 4.69) is 32.9 Å². The van der Waals surface area contributed by atoms with Crippen LogP contribution >= 0.6 is 0 Å². The fourth-order valence-corrected chi connectivity index (χ4v) is 1.63. The zero-order chi connectivity index (χ0) is 13.8. The lowest BCUT2D eigenvalue weighted by molar-refractivity contribution is 0.0553. The van der Waals surface area contributed by atoms with Crippen LogP contribution in [0.25, 0.3) is 0 Å². The number of aliphatic hydroxyl groups is 1. The van der Waals surface area contributed by atoms with Crippen molar-refractivity contribution in [2.24, 2.45) is 0 Å². The molecule has 1 N–H and O–H groups in total. The Morgan fingerprint density at radius 1 is 1.06 bits per heavy atom. The van der Waals surface area contributed by atoms with Crippen LogP contribution < -0.4 is 4.74 Å². The summed E-state index contributed by atoms with van der Waals surface area (Å²) in [6.07, 6.45) is 1.75. The fourth-order valence-electron chi connectivity index (χ4n) is 1.63. The number of rotatable bonds is 6. The number of benzene rings is 1. The Morgan fingerprint density at radius 3 is 2.06 bits per heavy atom. The standard InChI is InChI=1S/C16H26O2/c1-6-15(2,3)13-7-9-14(10-8-13)18-12-11-16(4,5)17/h7-10,17H,6,11-12H2,1-5H3. The van der Waals surface area contributed by atoms with Crippen LogP contribution in [0, 0.1) is 0 Å². The number of hydrogen-bond acceptors (Lipinski definition) is 2. The van der Waals surface area contributed by atoms with E-state index in [0.717, 1.165) is 12.2 Å². The highest BCUT2D eigenvalue weighted by atomic mass is 16.5. The maximum Gasteiger partial charge on any atom is 0.119 e. The lowest BCUT2D eigenvalue weighted by Crippen LogP contribution is -2.21. The Kier molecular flexibility index (Phi) is 4.80. The van der Waals surface area contributed by atoms with E-state index in [0.29, 0.717) is 13.0 Å². The predicted octanol–water partition coefficient (Wildman–Crippen LogP) is 3.91. The van der Waals surface area contributed by atoms with Crippen molar-refractivity contribution in [3.63, 3.8) is 0 Å². The highest BCUT2D eigenvalue weighted by molar-refractivity contribution is 5.31. The first-order chi connectivity index (χ1) is 8.24. The van der Waals surface area contributed by atoms with Crippen molar-refractivity contribution < 1.29 is 9.84 Å². The summed E-state index contributed by atoms with van der Waals surface area (Å²) in [6.45, 7) is 10.8. The molecular weight excluding hydrogens is 224 g/mol. The van der Waals surface area contributed by atoms with E-state index in [9.17, 15) is 5.11 Å². The maximum atomic E-state index is 9.60. The second kappa shape index (κ2) is 5.75. The summed E-state index contributed by atoms with van der Waals surface area (Å²) in [5.74, 6) is 0.870. The summed E-state index contributed by atoms with van der Waals surface area (Å²) in [5, 5.41) is 9.60. The summed E-state index contributed by atoms with van der Waals surface area (Å²) in [4.78, 5) is 0. The van der Waals surface area contributed by atoms with Gasteiger partial charge in [-0.2, -0.15) is 0 Å². The quantitative estimate of drug-likeness (QED) is 0.829. The van der Waals surface area contributed by atoms with Gasteiger partial charge in [-0.1, -0.05) is 32.9 Å². The largest absolute Gasteiger partial charge is 0.493 e. The Labute approximate surface area is 111 Å². The predicted molar refractivity (Wildman–Crippen MR) is 76.2 cm³/mol. The summed E-state index contributed by atoms with van der Waals surface area (Å²) in [5.41, 5.74) is 0.885. The minimum absolute atomic E-state index is 0.214. The molecule has 2 heteroatoms. The van der Waals surface area contributed by atoms with E-state index in [1.54, 1.807) is 13.8 Å². The second-order valence-corrected chi connectivity index (χ2v) is 6.17. The van der Waals surface area contributed by atoms with Crippen LogP contribution in [0.5, 0.6) is 5.75 Å². The average molecular weight is 250 g/mol. The molecule has 0 fully saturated rings. The van der Waals surface area contributed by atoms with Crippen LogP contribution in [0.3, 0.4) is 0 Å². The molecule has 0 bridgehead atoms. The van der Waals surface area contributed by atoms with Crippen LogP contribution in [0.2, 0.25) is 0 Å². The number of ether oxygens (including phenoxy) is 1. The van der Waals surface area contributed by atoms with E-state index in [1.807, 2.05) is 12.1 Å². The molecule has 0 spiro atoms. The second-order valence-electron chi connectivity index (χ2n) is 6.17. The first kappa shape index (κ1) is 15.0. The highest BCUT2D eigenvalue weighted by Gasteiger charge is 2.17. The molecule has 0 aliphatic carbocycles. The van der Waals surface area contributed by atoms with E-state index >= 15 is 0 Å². The summed E-state index contributed by atoms with van der Waals surface area (Å²) in [6, 6.07) is 8.28. The van der Waals surface area contributed by atoms with Gasteiger partial charge in [-0.05, 0) is 43.4 Å². The minimum atomic E-state index is -0.663. The van der Waals surface area contributed by atoms with Gasteiger partial charge in [-0.3, -0.25) is 0 Å². The lowest BCUT2D eigenvalue weighted by Gasteiger charge is -2.23. The van der Waals surface area contributed by atoms with Gasteiger partial charge in [0.05, 0.1) is 12.2 Å².